The first-order chi connectivity index (χ1) is 13.6. The average Bonchev–Trinajstić information content (AvgIpc) is 3.11. The predicted molar refractivity (Wildman–Crippen MR) is 101 cm³/mol. The first kappa shape index (κ1) is 17.5. The molecule has 0 aliphatic carbocycles. The molecule has 3 heterocycles. The summed E-state index contributed by atoms with van der Waals surface area (Å²) in [5, 5.41) is 6.95. The fourth-order valence-corrected chi connectivity index (χ4v) is 2.70. The summed E-state index contributed by atoms with van der Waals surface area (Å²) in [5.41, 5.74) is 1.56. The summed E-state index contributed by atoms with van der Waals surface area (Å²) in [6.07, 6.45) is 3.17. The monoisotopic (exact) mass is 374 g/mol. The van der Waals surface area contributed by atoms with Gasteiger partial charge in [0.25, 0.3) is 5.91 Å². The van der Waals surface area contributed by atoms with Crippen molar-refractivity contribution in [3.8, 4) is 17.2 Å². The number of benzene rings is 1. The van der Waals surface area contributed by atoms with Gasteiger partial charge in [-0.1, -0.05) is 18.2 Å². The molecular weight excluding hydrogens is 359 g/mol. The largest absolute Gasteiger partial charge is 0.305 e. The van der Waals surface area contributed by atoms with Crippen molar-refractivity contribution in [2.45, 2.75) is 6.92 Å². The second-order valence-electron chi connectivity index (χ2n) is 5.97. The lowest BCUT2D eigenvalue weighted by Crippen LogP contribution is -2.18. The summed E-state index contributed by atoms with van der Waals surface area (Å²) in [7, 11) is 0. The molecule has 7 nitrogen and oxygen atoms in total. The third kappa shape index (κ3) is 3.48. The Morgan fingerprint density at radius 3 is 2.64 bits per heavy atom. The Bertz CT molecular complexity index is 1140. The maximum Gasteiger partial charge on any atom is 0.275 e. The van der Waals surface area contributed by atoms with Gasteiger partial charge in [-0.25, -0.2) is 19.0 Å². The normalized spacial score (nSPS) is 10.6. The molecule has 28 heavy (non-hydrogen) atoms. The van der Waals surface area contributed by atoms with Crippen molar-refractivity contribution in [2.75, 3.05) is 5.32 Å². The Labute approximate surface area is 159 Å². The van der Waals surface area contributed by atoms with Crippen LogP contribution in [-0.2, 0) is 0 Å². The van der Waals surface area contributed by atoms with Crippen molar-refractivity contribution in [3.63, 3.8) is 0 Å². The number of carbonyl (C=O) groups is 1. The number of nitrogens with zero attached hydrogens (tertiary/aromatic N) is 5. The van der Waals surface area contributed by atoms with Crippen LogP contribution in [0, 0.1) is 12.7 Å². The van der Waals surface area contributed by atoms with Crippen molar-refractivity contribution >= 4 is 11.7 Å². The number of hydrogen-bond acceptors (Lipinski definition) is 5. The molecule has 0 unspecified atom stereocenters. The van der Waals surface area contributed by atoms with Gasteiger partial charge in [0, 0.05) is 12.4 Å². The molecule has 4 rings (SSSR count). The van der Waals surface area contributed by atoms with Crippen LogP contribution in [0.15, 0.2) is 67.0 Å². The molecule has 0 saturated heterocycles. The summed E-state index contributed by atoms with van der Waals surface area (Å²) in [6, 6.07) is 14.7. The highest BCUT2D eigenvalue weighted by Gasteiger charge is 2.18. The molecule has 0 radical (unpaired) electrons. The van der Waals surface area contributed by atoms with Gasteiger partial charge in [-0.05, 0) is 43.3 Å². The van der Waals surface area contributed by atoms with Gasteiger partial charge in [-0.2, -0.15) is 5.10 Å². The number of halogens is 1. The molecule has 3 aromatic heterocycles. The average molecular weight is 374 g/mol. The molecule has 1 aromatic carbocycles. The lowest BCUT2D eigenvalue weighted by Gasteiger charge is -2.09. The molecule has 0 saturated carbocycles. The molecule has 1 amide bonds. The van der Waals surface area contributed by atoms with Crippen LogP contribution in [0.3, 0.4) is 0 Å². The quantitative estimate of drug-likeness (QED) is 0.592. The summed E-state index contributed by atoms with van der Waals surface area (Å²) in [4.78, 5) is 25.5. The van der Waals surface area contributed by atoms with E-state index in [1.165, 1.54) is 16.9 Å². The van der Waals surface area contributed by atoms with E-state index in [1.807, 2.05) is 6.07 Å². The lowest BCUT2D eigenvalue weighted by molar-refractivity contribution is 0.101. The number of rotatable bonds is 4. The van der Waals surface area contributed by atoms with Crippen LogP contribution >= 0.6 is 0 Å². The number of anilines is 1. The first-order valence-corrected chi connectivity index (χ1v) is 8.49. The van der Waals surface area contributed by atoms with Gasteiger partial charge >= 0.3 is 0 Å². The standard InChI is InChI=1S/C20H15FN6O/c1-13-12-17(27(26-13)16-8-3-2-6-14(16)21)20(28)25-18-9-11-23-19(24-18)15-7-4-5-10-22-15/h2-12H,1H3,(H,23,24,25,28). The minimum atomic E-state index is -0.473. The SMILES string of the molecule is Cc1cc(C(=O)Nc2ccnc(-c3ccccn3)n2)n(-c2ccccc2F)n1. The van der Waals surface area contributed by atoms with Gasteiger partial charge < -0.3 is 5.32 Å². The Balaban J connectivity index is 1.65. The van der Waals surface area contributed by atoms with Crippen LogP contribution in [0.1, 0.15) is 16.2 Å². The fraction of sp³-hybridized carbons (Fsp3) is 0.0500. The van der Waals surface area contributed by atoms with Crippen molar-refractivity contribution < 1.29 is 9.18 Å². The predicted octanol–water partition coefficient (Wildman–Crippen LogP) is 3.42. The maximum atomic E-state index is 14.2. The molecule has 1 N–H and O–H groups in total. The van der Waals surface area contributed by atoms with E-state index in [0.717, 1.165) is 0 Å². The van der Waals surface area contributed by atoms with Gasteiger partial charge in [-0.3, -0.25) is 9.78 Å². The highest BCUT2D eigenvalue weighted by Crippen LogP contribution is 2.18. The maximum absolute atomic E-state index is 14.2. The molecule has 0 fully saturated rings. The summed E-state index contributed by atoms with van der Waals surface area (Å²) < 4.78 is 15.5. The van der Waals surface area contributed by atoms with E-state index in [-0.39, 0.29) is 11.4 Å². The highest BCUT2D eigenvalue weighted by molar-refractivity contribution is 6.03. The highest BCUT2D eigenvalue weighted by atomic mass is 19.1. The minimum absolute atomic E-state index is 0.192. The molecule has 0 atom stereocenters. The molecule has 0 spiro atoms. The number of hydrogen-bond donors (Lipinski definition) is 1. The van der Waals surface area contributed by atoms with Gasteiger partial charge in [0.15, 0.2) is 5.82 Å². The zero-order valence-corrected chi connectivity index (χ0v) is 14.9. The Morgan fingerprint density at radius 2 is 1.86 bits per heavy atom. The number of para-hydroxylation sites is 1. The van der Waals surface area contributed by atoms with Gasteiger partial charge in [0.1, 0.15) is 28.7 Å². The third-order valence-electron chi connectivity index (χ3n) is 3.94. The van der Waals surface area contributed by atoms with E-state index >= 15 is 0 Å². The van der Waals surface area contributed by atoms with Crippen molar-refractivity contribution in [2.24, 2.45) is 0 Å². The zero-order valence-electron chi connectivity index (χ0n) is 14.9. The lowest BCUT2D eigenvalue weighted by atomic mass is 10.3. The molecule has 0 aliphatic heterocycles. The topological polar surface area (TPSA) is 85.6 Å². The molecule has 138 valence electrons. The smallest absolute Gasteiger partial charge is 0.275 e. The number of aryl methyl sites for hydroxylation is 1. The Kier molecular flexibility index (Phi) is 4.59. The van der Waals surface area contributed by atoms with E-state index in [4.69, 9.17) is 0 Å². The van der Waals surface area contributed by atoms with Gasteiger partial charge in [0.05, 0.1) is 5.69 Å². The minimum Gasteiger partial charge on any atom is -0.305 e. The van der Waals surface area contributed by atoms with E-state index in [2.05, 4.69) is 25.4 Å². The number of amides is 1. The number of aromatic nitrogens is 5. The van der Waals surface area contributed by atoms with E-state index in [1.54, 1.807) is 55.6 Å². The van der Waals surface area contributed by atoms with Crippen LogP contribution in [0.2, 0.25) is 0 Å². The summed E-state index contributed by atoms with van der Waals surface area (Å²) in [5.74, 6) is -0.245. The van der Waals surface area contributed by atoms with Gasteiger partial charge in [0.2, 0.25) is 0 Å². The third-order valence-corrected chi connectivity index (χ3v) is 3.94. The number of nitrogens with one attached hydrogen (secondary N) is 1. The van der Waals surface area contributed by atoms with Crippen LogP contribution in [-0.4, -0.2) is 30.6 Å². The molecular formula is C20H15FN6O. The second-order valence-corrected chi connectivity index (χ2v) is 5.97. The number of carbonyl (C=O) groups excluding carboxylic acids is 1. The van der Waals surface area contributed by atoms with E-state index in [9.17, 15) is 9.18 Å². The van der Waals surface area contributed by atoms with E-state index in [0.29, 0.717) is 23.0 Å². The summed E-state index contributed by atoms with van der Waals surface area (Å²) in [6.45, 7) is 1.73. The molecule has 0 bridgehead atoms. The van der Waals surface area contributed by atoms with Crippen molar-refractivity contribution in [3.05, 3.63) is 84.2 Å². The van der Waals surface area contributed by atoms with Crippen molar-refractivity contribution in [1.82, 2.24) is 24.7 Å². The molecule has 8 heteroatoms. The first-order valence-electron chi connectivity index (χ1n) is 8.49. The van der Waals surface area contributed by atoms with Crippen molar-refractivity contribution in [1.29, 1.82) is 0 Å². The molecule has 4 aromatic rings. The van der Waals surface area contributed by atoms with Crippen LogP contribution in [0.5, 0.6) is 0 Å². The molecule has 0 aliphatic rings. The van der Waals surface area contributed by atoms with Crippen LogP contribution < -0.4 is 5.32 Å². The second kappa shape index (κ2) is 7.36. The van der Waals surface area contributed by atoms with E-state index < -0.39 is 11.7 Å². The van der Waals surface area contributed by atoms with Gasteiger partial charge in [-0.15, -0.1) is 0 Å². The number of pyridine rings is 1. The zero-order chi connectivity index (χ0) is 19.5. The fourth-order valence-electron chi connectivity index (χ4n) is 2.70. The van der Waals surface area contributed by atoms with Crippen LogP contribution in [0.25, 0.3) is 17.2 Å². The summed E-state index contributed by atoms with van der Waals surface area (Å²) >= 11 is 0. The Morgan fingerprint density at radius 1 is 1.04 bits per heavy atom. The van der Waals surface area contributed by atoms with Crippen LogP contribution in [0.4, 0.5) is 10.2 Å². The Hall–Kier alpha value is -3.94.